The van der Waals surface area contributed by atoms with E-state index in [0.717, 1.165) is 24.3 Å². The second kappa shape index (κ2) is 12.9. The smallest absolute Gasteiger partial charge is 0.264 e. The number of hydrogen-bond acceptors (Lipinski definition) is 6. The highest BCUT2D eigenvalue weighted by Crippen LogP contribution is 2.28. The highest BCUT2D eigenvalue weighted by Gasteiger charge is 2.38. The van der Waals surface area contributed by atoms with Crippen molar-refractivity contribution in [3.8, 4) is 5.75 Å². The van der Waals surface area contributed by atoms with Crippen molar-refractivity contribution in [2.45, 2.75) is 44.9 Å². The van der Waals surface area contributed by atoms with Crippen molar-refractivity contribution in [3.05, 3.63) is 87.6 Å². The predicted octanol–water partition coefficient (Wildman–Crippen LogP) is 3.82. The summed E-state index contributed by atoms with van der Waals surface area (Å²) in [6, 6.07) is 19.9. The summed E-state index contributed by atoms with van der Waals surface area (Å²) in [6.07, 6.45) is 1.34. The van der Waals surface area contributed by atoms with Gasteiger partial charge in [-0.3, -0.25) is 14.5 Å². The van der Waals surface area contributed by atoms with E-state index in [0.29, 0.717) is 37.5 Å². The number of benzene rings is 2. The SMILES string of the molecule is COc1cccc(CN(Cc2ccc(C)cc2)C2CCN(C(=O)c3cccs3)[C@@H](C(=O)NCCN)C2)c1. The molecule has 2 amide bonds. The molecule has 7 nitrogen and oxygen atoms in total. The maximum absolute atomic E-state index is 13.3. The standard InChI is InChI=1S/C29H36N4O3S/c1-21-8-10-22(11-9-21)19-32(20-23-5-3-6-25(17-23)36-2)24-12-15-33(29(35)27-7-4-16-37-27)26(18-24)28(34)31-14-13-30/h3-11,16-17,24,26H,12-15,18-20,30H2,1-2H3,(H,31,34)/t24?,26-/m1/s1. The fraction of sp³-hybridized carbons (Fsp3) is 0.379. The lowest BCUT2D eigenvalue weighted by Gasteiger charge is -2.43. The molecule has 4 rings (SSSR count). The van der Waals surface area contributed by atoms with Crippen LogP contribution in [0.3, 0.4) is 0 Å². The molecule has 0 spiro atoms. The van der Waals surface area contributed by atoms with Crippen LogP contribution in [0.15, 0.2) is 66.0 Å². The summed E-state index contributed by atoms with van der Waals surface area (Å²) in [4.78, 5) is 31.4. The normalized spacial score (nSPS) is 17.6. The van der Waals surface area contributed by atoms with Gasteiger partial charge in [0.2, 0.25) is 5.91 Å². The molecule has 2 aromatic carbocycles. The maximum atomic E-state index is 13.3. The monoisotopic (exact) mass is 520 g/mol. The Labute approximate surface area is 223 Å². The lowest BCUT2D eigenvalue weighted by Crippen LogP contribution is -2.57. The molecule has 8 heteroatoms. The van der Waals surface area contributed by atoms with Crippen LogP contribution in [0.25, 0.3) is 0 Å². The summed E-state index contributed by atoms with van der Waals surface area (Å²) in [5, 5.41) is 4.81. The van der Waals surface area contributed by atoms with E-state index >= 15 is 0 Å². The summed E-state index contributed by atoms with van der Waals surface area (Å²) in [5.74, 6) is 0.596. The second-order valence-electron chi connectivity index (χ2n) is 9.49. The van der Waals surface area contributed by atoms with Gasteiger partial charge in [0.1, 0.15) is 11.8 Å². The topological polar surface area (TPSA) is 87.9 Å². The lowest BCUT2D eigenvalue weighted by molar-refractivity contribution is -0.127. The first-order chi connectivity index (χ1) is 18.0. The first-order valence-electron chi connectivity index (χ1n) is 12.7. The van der Waals surface area contributed by atoms with Crippen LogP contribution in [0.4, 0.5) is 0 Å². The number of piperidine rings is 1. The summed E-state index contributed by atoms with van der Waals surface area (Å²) in [6.45, 7) is 4.81. The van der Waals surface area contributed by atoms with Crippen LogP contribution < -0.4 is 15.8 Å². The summed E-state index contributed by atoms with van der Waals surface area (Å²) in [5.41, 5.74) is 9.23. The summed E-state index contributed by atoms with van der Waals surface area (Å²) < 4.78 is 5.45. The second-order valence-corrected chi connectivity index (χ2v) is 10.4. The van der Waals surface area contributed by atoms with Gasteiger partial charge in [0.05, 0.1) is 12.0 Å². The van der Waals surface area contributed by atoms with Crippen molar-refractivity contribution in [1.82, 2.24) is 15.1 Å². The quantitative estimate of drug-likeness (QED) is 0.424. The first-order valence-corrected chi connectivity index (χ1v) is 13.6. The van der Waals surface area contributed by atoms with E-state index in [2.05, 4.69) is 53.5 Å². The number of nitrogens with one attached hydrogen (secondary N) is 1. The minimum Gasteiger partial charge on any atom is -0.497 e. The van der Waals surface area contributed by atoms with Gasteiger partial charge in [-0.2, -0.15) is 0 Å². The Bertz CT molecular complexity index is 1170. The molecular weight excluding hydrogens is 484 g/mol. The Morgan fingerprint density at radius 1 is 1.11 bits per heavy atom. The van der Waals surface area contributed by atoms with Gasteiger partial charge in [0.25, 0.3) is 5.91 Å². The zero-order chi connectivity index (χ0) is 26.2. The number of amides is 2. The third-order valence-corrected chi connectivity index (χ3v) is 7.71. The molecule has 1 fully saturated rings. The van der Waals surface area contributed by atoms with Crippen molar-refractivity contribution in [2.24, 2.45) is 5.73 Å². The number of aryl methyl sites for hydroxylation is 1. The van der Waals surface area contributed by atoms with Crippen LogP contribution in [0.2, 0.25) is 0 Å². The third kappa shape index (κ3) is 6.97. The van der Waals surface area contributed by atoms with Gasteiger partial charge in [0.15, 0.2) is 0 Å². The Hall–Kier alpha value is -3.20. The molecular formula is C29H36N4O3S. The Kier molecular flexibility index (Phi) is 9.33. The molecule has 1 aromatic heterocycles. The van der Waals surface area contributed by atoms with Crippen molar-refractivity contribution >= 4 is 23.2 Å². The largest absolute Gasteiger partial charge is 0.497 e. The first kappa shape index (κ1) is 26.9. The highest BCUT2D eigenvalue weighted by atomic mass is 32.1. The van der Waals surface area contributed by atoms with Crippen molar-refractivity contribution in [3.63, 3.8) is 0 Å². The van der Waals surface area contributed by atoms with Crippen LogP contribution in [-0.2, 0) is 17.9 Å². The van der Waals surface area contributed by atoms with E-state index < -0.39 is 6.04 Å². The van der Waals surface area contributed by atoms with E-state index in [-0.39, 0.29) is 17.9 Å². The molecule has 1 aliphatic rings. The van der Waals surface area contributed by atoms with E-state index in [9.17, 15) is 9.59 Å². The molecule has 196 valence electrons. The zero-order valence-corrected chi connectivity index (χ0v) is 22.4. The molecule has 0 aliphatic carbocycles. The molecule has 0 bridgehead atoms. The van der Waals surface area contributed by atoms with Gasteiger partial charge in [-0.05, 0) is 54.5 Å². The van der Waals surface area contributed by atoms with Gasteiger partial charge in [0, 0.05) is 38.8 Å². The minimum atomic E-state index is -0.550. The van der Waals surface area contributed by atoms with Gasteiger partial charge in [-0.1, -0.05) is 48.0 Å². The maximum Gasteiger partial charge on any atom is 0.264 e. The molecule has 0 radical (unpaired) electrons. The Morgan fingerprint density at radius 3 is 2.59 bits per heavy atom. The van der Waals surface area contributed by atoms with Crippen LogP contribution in [0.1, 0.15) is 39.2 Å². The summed E-state index contributed by atoms with van der Waals surface area (Å²) >= 11 is 1.41. The van der Waals surface area contributed by atoms with Gasteiger partial charge < -0.3 is 20.7 Å². The van der Waals surface area contributed by atoms with Gasteiger partial charge in [-0.15, -0.1) is 11.3 Å². The molecule has 3 aromatic rings. The Balaban J connectivity index is 1.60. The van der Waals surface area contributed by atoms with Crippen LogP contribution >= 0.6 is 11.3 Å². The number of nitrogens with two attached hydrogens (primary N) is 1. The van der Waals surface area contributed by atoms with Gasteiger partial charge >= 0.3 is 0 Å². The lowest BCUT2D eigenvalue weighted by atomic mass is 9.93. The number of carbonyl (C=O) groups is 2. The number of thiophene rings is 1. The van der Waals surface area contributed by atoms with E-state index in [1.807, 2.05) is 29.6 Å². The van der Waals surface area contributed by atoms with Crippen molar-refractivity contribution < 1.29 is 14.3 Å². The third-order valence-electron chi connectivity index (χ3n) is 6.86. The molecule has 37 heavy (non-hydrogen) atoms. The number of nitrogens with zero attached hydrogens (tertiary/aromatic N) is 2. The molecule has 1 aliphatic heterocycles. The van der Waals surface area contributed by atoms with Crippen LogP contribution in [0, 0.1) is 6.92 Å². The fourth-order valence-electron chi connectivity index (χ4n) is 4.87. The molecule has 0 saturated carbocycles. The van der Waals surface area contributed by atoms with E-state index in [4.69, 9.17) is 10.5 Å². The fourth-order valence-corrected chi connectivity index (χ4v) is 5.55. The molecule has 2 atom stereocenters. The van der Waals surface area contributed by atoms with Crippen LogP contribution in [0.5, 0.6) is 5.75 Å². The van der Waals surface area contributed by atoms with E-state index in [1.54, 1.807) is 12.0 Å². The average molecular weight is 521 g/mol. The number of hydrogen-bond donors (Lipinski definition) is 2. The predicted molar refractivity (Wildman–Crippen MR) is 148 cm³/mol. The summed E-state index contributed by atoms with van der Waals surface area (Å²) in [7, 11) is 1.67. The zero-order valence-electron chi connectivity index (χ0n) is 21.6. The molecule has 1 unspecified atom stereocenters. The van der Waals surface area contributed by atoms with Gasteiger partial charge in [-0.25, -0.2) is 0 Å². The van der Waals surface area contributed by atoms with Crippen LogP contribution in [-0.4, -0.2) is 60.4 Å². The average Bonchev–Trinajstić information content (AvgIpc) is 3.47. The van der Waals surface area contributed by atoms with Crippen molar-refractivity contribution in [2.75, 3.05) is 26.7 Å². The minimum absolute atomic E-state index is 0.0840. The number of carbonyl (C=O) groups excluding carboxylic acids is 2. The van der Waals surface area contributed by atoms with Crippen molar-refractivity contribution in [1.29, 1.82) is 0 Å². The molecule has 3 N–H and O–H groups in total. The Morgan fingerprint density at radius 2 is 1.89 bits per heavy atom. The number of rotatable bonds is 10. The number of methoxy groups -OCH3 is 1. The van der Waals surface area contributed by atoms with E-state index in [1.165, 1.54) is 22.5 Å². The number of likely N-dealkylation sites (tertiary alicyclic amines) is 1. The molecule has 2 heterocycles. The molecule has 1 saturated heterocycles. The number of ether oxygens (including phenoxy) is 1. The highest BCUT2D eigenvalue weighted by molar-refractivity contribution is 7.12.